The van der Waals surface area contributed by atoms with Gasteiger partial charge in [0.25, 0.3) is 0 Å². The molecular formula is C6H6ClN3O2. The van der Waals surface area contributed by atoms with Crippen LogP contribution >= 0.6 is 11.6 Å². The number of hydrogen-bond acceptors (Lipinski definition) is 3. The normalized spacial score (nSPS) is 14.8. The Morgan fingerprint density at radius 2 is 2.42 bits per heavy atom. The van der Waals surface area contributed by atoms with Crippen LogP contribution < -0.4 is 0 Å². The average Bonchev–Trinajstić information content (AvgIpc) is 2.44. The van der Waals surface area contributed by atoms with Crippen LogP contribution in [-0.4, -0.2) is 14.5 Å². The molecule has 2 heterocycles. The SMILES string of the molecule is O=[N+]([O-])c1c(Cl)nc2n1CCC2. The monoisotopic (exact) mass is 187 g/mol. The molecule has 0 spiro atoms. The Hall–Kier alpha value is -1.10. The van der Waals surface area contributed by atoms with Crippen LogP contribution in [0.5, 0.6) is 0 Å². The molecule has 64 valence electrons. The molecule has 0 saturated heterocycles. The maximum atomic E-state index is 10.5. The standard InChI is InChI=1S/C6H6ClN3O2/c7-5-6(10(11)12)9-3-1-2-4(9)8-5/h1-3H2. The highest BCUT2D eigenvalue weighted by atomic mass is 35.5. The number of imidazole rings is 1. The number of halogens is 1. The van der Waals surface area contributed by atoms with Crippen molar-refractivity contribution in [2.24, 2.45) is 0 Å². The smallest absolute Gasteiger partial charge is 0.358 e. The van der Waals surface area contributed by atoms with Gasteiger partial charge in [0.2, 0.25) is 5.15 Å². The van der Waals surface area contributed by atoms with Crippen molar-refractivity contribution in [3.63, 3.8) is 0 Å². The van der Waals surface area contributed by atoms with Gasteiger partial charge in [-0.2, -0.15) is 4.98 Å². The van der Waals surface area contributed by atoms with Gasteiger partial charge in [0.05, 0.1) is 6.54 Å². The van der Waals surface area contributed by atoms with Crippen LogP contribution in [0.2, 0.25) is 5.15 Å². The molecule has 0 aromatic carbocycles. The molecule has 0 N–H and O–H groups in total. The third-order valence-electron chi connectivity index (χ3n) is 1.93. The van der Waals surface area contributed by atoms with E-state index >= 15 is 0 Å². The van der Waals surface area contributed by atoms with E-state index in [1.807, 2.05) is 0 Å². The predicted octanol–water partition coefficient (Wildman–Crippen LogP) is 1.39. The number of hydrogen-bond donors (Lipinski definition) is 0. The van der Waals surface area contributed by atoms with Gasteiger partial charge in [0, 0.05) is 6.42 Å². The number of aryl methyl sites for hydroxylation is 1. The number of aromatic nitrogens is 2. The molecule has 6 heteroatoms. The average molecular weight is 188 g/mol. The molecule has 0 aliphatic carbocycles. The van der Waals surface area contributed by atoms with Crippen LogP contribution in [0.15, 0.2) is 0 Å². The molecule has 1 aromatic heterocycles. The van der Waals surface area contributed by atoms with Gasteiger partial charge in [-0.3, -0.25) is 0 Å². The molecule has 12 heavy (non-hydrogen) atoms. The van der Waals surface area contributed by atoms with E-state index in [9.17, 15) is 10.1 Å². The van der Waals surface area contributed by atoms with Crippen molar-refractivity contribution in [1.29, 1.82) is 0 Å². The molecule has 2 rings (SSSR count). The lowest BCUT2D eigenvalue weighted by Gasteiger charge is -1.94. The zero-order valence-corrected chi connectivity index (χ0v) is 6.91. The molecule has 0 unspecified atom stereocenters. The van der Waals surface area contributed by atoms with Crippen LogP contribution in [0.4, 0.5) is 5.82 Å². The molecule has 0 bridgehead atoms. The van der Waals surface area contributed by atoms with E-state index in [1.165, 1.54) is 0 Å². The molecule has 0 atom stereocenters. The summed E-state index contributed by atoms with van der Waals surface area (Å²) in [6, 6.07) is 0. The molecule has 0 saturated carbocycles. The lowest BCUT2D eigenvalue weighted by atomic mass is 10.4. The number of nitro groups is 1. The Bertz CT molecular complexity index is 347. The first-order valence-electron chi connectivity index (χ1n) is 3.59. The first-order valence-corrected chi connectivity index (χ1v) is 3.97. The van der Waals surface area contributed by atoms with Crippen molar-refractivity contribution in [3.05, 3.63) is 21.1 Å². The van der Waals surface area contributed by atoms with Gasteiger partial charge in [-0.15, -0.1) is 0 Å². The van der Waals surface area contributed by atoms with Crippen molar-refractivity contribution in [3.8, 4) is 0 Å². The van der Waals surface area contributed by atoms with Crippen LogP contribution in [0.1, 0.15) is 12.2 Å². The van der Waals surface area contributed by atoms with Gasteiger partial charge < -0.3 is 10.1 Å². The van der Waals surface area contributed by atoms with Gasteiger partial charge in [-0.1, -0.05) is 11.6 Å². The summed E-state index contributed by atoms with van der Waals surface area (Å²) in [7, 11) is 0. The second-order valence-corrected chi connectivity index (χ2v) is 3.01. The van der Waals surface area contributed by atoms with E-state index in [4.69, 9.17) is 11.6 Å². The molecule has 0 fully saturated rings. The van der Waals surface area contributed by atoms with Gasteiger partial charge in [-0.25, -0.2) is 4.57 Å². The van der Waals surface area contributed by atoms with Crippen LogP contribution in [-0.2, 0) is 13.0 Å². The van der Waals surface area contributed by atoms with Crippen molar-refractivity contribution in [2.75, 3.05) is 0 Å². The summed E-state index contributed by atoms with van der Waals surface area (Å²) in [5, 5.41) is 10.5. The van der Waals surface area contributed by atoms with E-state index in [1.54, 1.807) is 4.57 Å². The maximum Gasteiger partial charge on any atom is 0.362 e. The van der Waals surface area contributed by atoms with Crippen LogP contribution in [0, 0.1) is 10.1 Å². The lowest BCUT2D eigenvalue weighted by molar-refractivity contribution is -0.391. The molecule has 0 amide bonds. The first-order chi connectivity index (χ1) is 5.70. The Labute approximate surface area is 73.1 Å². The van der Waals surface area contributed by atoms with Gasteiger partial charge in [0.15, 0.2) is 5.82 Å². The highest BCUT2D eigenvalue weighted by molar-refractivity contribution is 6.31. The van der Waals surface area contributed by atoms with E-state index < -0.39 is 4.92 Å². The minimum Gasteiger partial charge on any atom is -0.358 e. The number of nitrogens with zero attached hydrogens (tertiary/aromatic N) is 3. The first kappa shape index (κ1) is 7.54. The summed E-state index contributed by atoms with van der Waals surface area (Å²) in [5.74, 6) is 0.663. The fraction of sp³-hybridized carbons (Fsp3) is 0.500. The molecule has 1 aliphatic heterocycles. The summed E-state index contributed by atoms with van der Waals surface area (Å²) >= 11 is 5.58. The topological polar surface area (TPSA) is 61.0 Å². The molecule has 5 nitrogen and oxygen atoms in total. The second kappa shape index (κ2) is 2.45. The Morgan fingerprint density at radius 1 is 1.67 bits per heavy atom. The third kappa shape index (κ3) is 0.896. The third-order valence-corrected chi connectivity index (χ3v) is 2.19. The number of rotatable bonds is 1. The van der Waals surface area contributed by atoms with Gasteiger partial charge in [0.1, 0.15) is 0 Å². The van der Waals surface area contributed by atoms with Crippen LogP contribution in [0.3, 0.4) is 0 Å². The number of fused-ring (bicyclic) bond motifs is 1. The van der Waals surface area contributed by atoms with Crippen molar-refractivity contribution < 1.29 is 4.92 Å². The molecule has 1 aliphatic rings. The minimum absolute atomic E-state index is 0.00898. The summed E-state index contributed by atoms with van der Waals surface area (Å²) in [6.45, 7) is 0.658. The zero-order valence-electron chi connectivity index (χ0n) is 6.16. The van der Waals surface area contributed by atoms with Gasteiger partial charge >= 0.3 is 5.82 Å². The Balaban J connectivity index is 2.59. The highest BCUT2D eigenvalue weighted by Gasteiger charge is 2.29. The zero-order chi connectivity index (χ0) is 8.72. The van der Waals surface area contributed by atoms with E-state index in [2.05, 4.69) is 4.98 Å². The summed E-state index contributed by atoms with van der Waals surface area (Å²) in [4.78, 5) is 13.9. The predicted molar refractivity (Wildman–Crippen MR) is 42.2 cm³/mol. The van der Waals surface area contributed by atoms with Crippen LogP contribution in [0.25, 0.3) is 0 Å². The summed E-state index contributed by atoms with van der Waals surface area (Å²) in [5.41, 5.74) is 0. The summed E-state index contributed by atoms with van der Waals surface area (Å²) < 4.78 is 1.57. The molecule has 0 radical (unpaired) electrons. The largest absolute Gasteiger partial charge is 0.362 e. The quantitative estimate of drug-likeness (QED) is 0.493. The molecular weight excluding hydrogens is 182 g/mol. The Morgan fingerprint density at radius 3 is 3.08 bits per heavy atom. The highest BCUT2D eigenvalue weighted by Crippen LogP contribution is 2.29. The Kier molecular flexibility index (Phi) is 1.54. The van der Waals surface area contributed by atoms with Crippen molar-refractivity contribution in [2.45, 2.75) is 19.4 Å². The van der Waals surface area contributed by atoms with Crippen molar-refractivity contribution >= 4 is 17.4 Å². The minimum atomic E-state index is -0.482. The van der Waals surface area contributed by atoms with E-state index in [0.29, 0.717) is 6.54 Å². The lowest BCUT2D eigenvalue weighted by Crippen LogP contribution is -1.99. The van der Waals surface area contributed by atoms with Crippen molar-refractivity contribution in [1.82, 2.24) is 9.55 Å². The van der Waals surface area contributed by atoms with E-state index in [0.717, 1.165) is 18.7 Å². The fourth-order valence-electron chi connectivity index (χ4n) is 1.45. The van der Waals surface area contributed by atoms with E-state index in [-0.39, 0.29) is 11.0 Å². The summed E-state index contributed by atoms with van der Waals surface area (Å²) in [6.07, 6.45) is 1.70. The van der Waals surface area contributed by atoms with Gasteiger partial charge in [-0.05, 0) is 11.3 Å². The second-order valence-electron chi connectivity index (χ2n) is 2.65. The maximum absolute atomic E-state index is 10.5. The molecule has 1 aromatic rings. The fourth-order valence-corrected chi connectivity index (χ4v) is 1.72.